The molecule has 1 aliphatic heterocycles. The number of carbonyl (C=O) groups is 1. The minimum Gasteiger partial charge on any atom is -0.398 e. The lowest BCUT2D eigenvalue weighted by atomic mass is 9.94. The first-order valence-electron chi connectivity index (χ1n) is 5.95. The van der Waals surface area contributed by atoms with Gasteiger partial charge in [0.25, 0.3) is 5.91 Å². The van der Waals surface area contributed by atoms with Crippen LogP contribution in [0, 0.1) is 0 Å². The van der Waals surface area contributed by atoms with Gasteiger partial charge in [0.15, 0.2) is 0 Å². The van der Waals surface area contributed by atoms with Crippen LogP contribution in [0.2, 0.25) is 5.02 Å². The SMILES string of the molecule is CC1(NC(=O)c2cc(Cl)ccc2N)CCCOC1. The standard InChI is InChI=1S/C13H17ClN2O2/c1-13(5-2-6-18-8-13)16-12(17)10-7-9(14)3-4-11(10)15/h3-4,7H,2,5-6,8,15H2,1H3,(H,16,17). The number of rotatable bonds is 2. The minimum absolute atomic E-state index is 0.206. The molecule has 1 unspecified atom stereocenters. The second-order valence-electron chi connectivity index (χ2n) is 4.90. The Labute approximate surface area is 111 Å². The number of hydrogen-bond donors (Lipinski definition) is 2. The van der Waals surface area contributed by atoms with Gasteiger partial charge in [0.1, 0.15) is 0 Å². The van der Waals surface area contributed by atoms with Gasteiger partial charge >= 0.3 is 0 Å². The molecule has 0 radical (unpaired) electrons. The second-order valence-corrected chi connectivity index (χ2v) is 5.34. The molecule has 0 aromatic heterocycles. The van der Waals surface area contributed by atoms with Gasteiger partial charge in [-0.3, -0.25) is 4.79 Å². The van der Waals surface area contributed by atoms with Gasteiger partial charge in [-0.05, 0) is 38.0 Å². The molecule has 1 aromatic rings. The molecule has 1 heterocycles. The van der Waals surface area contributed by atoms with Gasteiger partial charge in [-0.15, -0.1) is 0 Å². The third kappa shape index (κ3) is 2.94. The average Bonchev–Trinajstić information content (AvgIpc) is 2.32. The number of nitrogens with two attached hydrogens (primary N) is 1. The highest BCUT2D eigenvalue weighted by Crippen LogP contribution is 2.22. The first-order chi connectivity index (χ1) is 8.50. The van der Waals surface area contributed by atoms with Crippen LogP contribution in [0.3, 0.4) is 0 Å². The van der Waals surface area contributed by atoms with Gasteiger partial charge in [-0.2, -0.15) is 0 Å². The molecular formula is C13H17ClN2O2. The summed E-state index contributed by atoms with van der Waals surface area (Å²) in [6, 6.07) is 4.88. The summed E-state index contributed by atoms with van der Waals surface area (Å²) < 4.78 is 5.40. The zero-order valence-corrected chi connectivity index (χ0v) is 11.1. The van der Waals surface area contributed by atoms with Gasteiger partial charge in [0, 0.05) is 17.3 Å². The van der Waals surface area contributed by atoms with Gasteiger partial charge in [-0.1, -0.05) is 11.6 Å². The predicted octanol–water partition coefficient (Wildman–Crippen LogP) is 2.22. The van der Waals surface area contributed by atoms with E-state index in [-0.39, 0.29) is 11.4 Å². The van der Waals surface area contributed by atoms with Crippen LogP contribution in [-0.2, 0) is 4.74 Å². The van der Waals surface area contributed by atoms with Crippen LogP contribution >= 0.6 is 11.6 Å². The molecule has 0 aliphatic carbocycles. The van der Waals surface area contributed by atoms with Crippen LogP contribution in [0.4, 0.5) is 5.69 Å². The van der Waals surface area contributed by atoms with E-state index in [4.69, 9.17) is 22.1 Å². The number of anilines is 1. The van der Waals surface area contributed by atoms with Crippen molar-refractivity contribution < 1.29 is 9.53 Å². The Morgan fingerprint density at radius 2 is 2.33 bits per heavy atom. The minimum atomic E-state index is -0.329. The van der Waals surface area contributed by atoms with Crippen molar-refractivity contribution in [3.8, 4) is 0 Å². The fourth-order valence-electron chi connectivity index (χ4n) is 2.10. The normalized spacial score (nSPS) is 23.7. The van der Waals surface area contributed by atoms with Gasteiger partial charge < -0.3 is 15.8 Å². The van der Waals surface area contributed by atoms with Crippen LogP contribution in [-0.4, -0.2) is 24.7 Å². The lowest BCUT2D eigenvalue weighted by molar-refractivity contribution is 0.0273. The van der Waals surface area contributed by atoms with E-state index in [0.29, 0.717) is 22.9 Å². The number of hydrogen-bond acceptors (Lipinski definition) is 3. The van der Waals surface area contributed by atoms with Crippen molar-refractivity contribution >= 4 is 23.2 Å². The number of nitrogens with one attached hydrogen (secondary N) is 1. The molecular weight excluding hydrogens is 252 g/mol. The Bertz CT molecular complexity index is 456. The summed E-state index contributed by atoms with van der Waals surface area (Å²) in [7, 11) is 0. The molecule has 1 aromatic carbocycles. The van der Waals surface area contributed by atoms with Crippen molar-refractivity contribution in [2.75, 3.05) is 18.9 Å². The van der Waals surface area contributed by atoms with E-state index >= 15 is 0 Å². The number of nitrogen functional groups attached to an aromatic ring is 1. The van der Waals surface area contributed by atoms with Crippen molar-refractivity contribution in [3.05, 3.63) is 28.8 Å². The van der Waals surface area contributed by atoms with Crippen LogP contribution < -0.4 is 11.1 Å². The molecule has 5 heteroatoms. The van der Waals surface area contributed by atoms with Crippen molar-refractivity contribution in [3.63, 3.8) is 0 Å². The molecule has 0 bridgehead atoms. The Balaban J connectivity index is 2.14. The quantitative estimate of drug-likeness (QED) is 0.809. The van der Waals surface area contributed by atoms with E-state index in [1.807, 2.05) is 6.92 Å². The molecule has 1 fully saturated rings. The van der Waals surface area contributed by atoms with Gasteiger partial charge in [0.2, 0.25) is 0 Å². The monoisotopic (exact) mass is 268 g/mol. The lowest BCUT2D eigenvalue weighted by Gasteiger charge is -2.34. The first-order valence-corrected chi connectivity index (χ1v) is 6.33. The van der Waals surface area contributed by atoms with E-state index in [1.54, 1.807) is 18.2 Å². The molecule has 18 heavy (non-hydrogen) atoms. The number of halogens is 1. The summed E-state index contributed by atoms with van der Waals surface area (Å²) in [6.07, 6.45) is 1.85. The van der Waals surface area contributed by atoms with E-state index in [9.17, 15) is 4.79 Å². The topological polar surface area (TPSA) is 64.4 Å². The molecule has 1 amide bonds. The van der Waals surface area contributed by atoms with E-state index in [1.165, 1.54) is 0 Å². The van der Waals surface area contributed by atoms with Crippen molar-refractivity contribution in [1.82, 2.24) is 5.32 Å². The van der Waals surface area contributed by atoms with Crippen molar-refractivity contribution in [2.24, 2.45) is 0 Å². The number of benzene rings is 1. The highest BCUT2D eigenvalue weighted by Gasteiger charge is 2.30. The third-order valence-corrected chi connectivity index (χ3v) is 3.35. The number of amides is 1. The molecule has 0 saturated carbocycles. The van der Waals surface area contributed by atoms with Gasteiger partial charge in [0.05, 0.1) is 17.7 Å². The Morgan fingerprint density at radius 1 is 1.56 bits per heavy atom. The Kier molecular flexibility index (Phi) is 3.78. The smallest absolute Gasteiger partial charge is 0.253 e. The first kappa shape index (κ1) is 13.2. The summed E-state index contributed by atoms with van der Waals surface area (Å²) in [4.78, 5) is 12.2. The van der Waals surface area contributed by atoms with E-state index in [0.717, 1.165) is 19.4 Å². The maximum atomic E-state index is 12.2. The summed E-state index contributed by atoms with van der Waals surface area (Å²) in [5.74, 6) is -0.206. The highest BCUT2D eigenvalue weighted by atomic mass is 35.5. The van der Waals surface area contributed by atoms with Crippen LogP contribution in [0.1, 0.15) is 30.1 Å². The summed E-state index contributed by atoms with van der Waals surface area (Å²) >= 11 is 5.88. The lowest BCUT2D eigenvalue weighted by Crippen LogP contribution is -2.51. The Morgan fingerprint density at radius 3 is 3.00 bits per heavy atom. The fourth-order valence-corrected chi connectivity index (χ4v) is 2.27. The predicted molar refractivity (Wildman–Crippen MR) is 71.8 cm³/mol. The maximum absolute atomic E-state index is 12.2. The van der Waals surface area contributed by atoms with Crippen LogP contribution in [0.15, 0.2) is 18.2 Å². The fraction of sp³-hybridized carbons (Fsp3) is 0.462. The van der Waals surface area contributed by atoms with Crippen LogP contribution in [0.25, 0.3) is 0 Å². The second kappa shape index (κ2) is 5.16. The average molecular weight is 269 g/mol. The van der Waals surface area contributed by atoms with Crippen molar-refractivity contribution in [1.29, 1.82) is 0 Å². The highest BCUT2D eigenvalue weighted by molar-refractivity contribution is 6.31. The molecule has 1 aliphatic rings. The third-order valence-electron chi connectivity index (χ3n) is 3.11. The van der Waals surface area contributed by atoms with E-state index < -0.39 is 0 Å². The summed E-state index contributed by atoms with van der Waals surface area (Å²) in [5.41, 5.74) is 6.30. The molecule has 98 valence electrons. The molecule has 2 rings (SSSR count). The molecule has 4 nitrogen and oxygen atoms in total. The number of ether oxygens (including phenoxy) is 1. The summed E-state index contributed by atoms with van der Waals surface area (Å²) in [5, 5.41) is 3.48. The van der Waals surface area contributed by atoms with Crippen molar-refractivity contribution in [2.45, 2.75) is 25.3 Å². The van der Waals surface area contributed by atoms with Gasteiger partial charge in [-0.25, -0.2) is 0 Å². The maximum Gasteiger partial charge on any atom is 0.253 e. The zero-order valence-electron chi connectivity index (χ0n) is 10.3. The zero-order chi connectivity index (χ0) is 13.2. The molecule has 1 saturated heterocycles. The summed E-state index contributed by atoms with van der Waals surface area (Å²) in [6.45, 7) is 3.26. The largest absolute Gasteiger partial charge is 0.398 e. The number of carbonyl (C=O) groups excluding carboxylic acids is 1. The molecule has 3 N–H and O–H groups in total. The Hall–Kier alpha value is -1.26. The van der Waals surface area contributed by atoms with E-state index in [2.05, 4.69) is 5.32 Å². The molecule has 1 atom stereocenters. The van der Waals surface area contributed by atoms with Crippen LogP contribution in [0.5, 0.6) is 0 Å². The molecule has 0 spiro atoms.